The van der Waals surface area contributed by atoms with Gasteiger partial charge >= 0.3 is 0 Å². The molecule has 1 rings (SSSR count). The maximum absolute atomic E-state index is 11.8. The van der Waals surface area contributed by atoms with Gasteiger partial charge in [-0.25, -0.2) is 0 Å². The van der Waals surface area contributed by atoms with Crippen LogP contribution in [0.5, 0.6) is 0 Å². The maximum Gasteiger partial charge on any atom is 0.227 e. The third-order valence-corrected chi connectivity index (χ3v) is 2.47. The lowest BCUT2D eigenvalue weighted by Crippen LogP contribution is -2.20. The highest BCUT2D eigenvalue weighted by Crippen LogP contribution is 2.23. The van der Waals surface area contributed by atoms with Crippen molar-refractivity contribution in [1.29, 1.82) is 0 Å². The first-order valence-electron chi connectivity index (χ1n) is 5.24. The number of hydrogen-bond donors (Lipinski definition) is 1. The van der Waals surface area contributed by atoms with Crippen molar-refractivity contribution in [3.8, 4) is 0 Å². The normalized spacial score (nSPS) is 16.9. The van der Waals surface area contributed by atoms with E-state index in [-0.39, 0.29) is 17.1 Å². The number of carbonyl (C=O) groups excluding carboxylic acids is 2. The fourth-order valence-electron chi connectivity index (χ4n) is 1.47. The van der Waals surface area contributed by atoms with E-state index >= 15 is 0 Å². The average Bonchev–Trinajstić information content (AvgIpc) is 2.23. The van der Waals surface area contributed by atoms with Crippen LogP contribution in [0.2, 0.25) is 0 Å². The number of methoxy groups -OCH3 is 1. The van der Waals surface area contributed by atoms with Gasteiger partial charge in [0, 0.05) is 11.6 Å². The van der Waals surface area contributed by atoms with E-state index in [2.05, 4.69) is 0 Å². The van der Waals surface area contributed by atoms with E-state index in [1.54, 1.807) is 0 Å². The van der Waals surface area contributed by atoms with Gasteiger partial charge in [0.15, 0.2) is 11.5 Å². The smallest absolute Gasteiger partial charge is 0.227 e. The molecule has 0 unspecified atom stereocenters. The van der Waals surface area contributed by atoms with Crippen LogP contribution in [-0.4, -0.2) is 23.8 Å². The standard InChI is InChI=1S/C12H16O4/c1-7(2)4-5-8-11(14)9(13)6-10(16-3)12(8)15/h6-7,14H,4-5H2,1-3H3. The number of allylic oxidation sites excluding steroid dienone is 2. The van der Waals surface area contributed by atoms with E-state index in [4.69, 9.17) is 4.74 Å². The van der Waals surface area contributed by atoms with Crippen molar-refractivity contribution < 1.29 is 19.4 Å². The molecule has 0 spiro atoms. The van der Waals surface area contributed by atoms with E-state index < -0.39 is 11.5 Å². The lowest BCUT2D eigenvalue weighted by atomic mass is 9.93. The van der Waals surface area contributed by atoms with Crippen LogP contribution in [0.3, 0.4) is 0 Å². The highest BCUT2D eigenvalue weighted by atomic mass is 16.5. The fourth-order valence-corrected chi connectivity index (χ4v) is 1.47. The highest BCUT2D eigenvalue weighted by molar-refractivity contribution is 6.20. The summed E-state index contributed by atoms with van der Waals surface area (Å²) in [4.78, 5) is 23.1. The van der Waals surface area contributed by atoms with Crippen molar-refractivity contribution in [3.05, 3.63) is 23.2 Å². The van der Waals surface area contributed by atoms with E-state index in [0.717, 1.165) is 12.5 Å². The van der Waals surface area contributed by atoms with Gasteiger partial charge in [0.25, 0.3) is 0 Å². The number of aliphatic hydroxyl groups excluding tert-OH is 1. The molecule has 0 aliphatic heterocycles. The molecule has 88 valence electrons. The first-order valence-corrected chi connectivity index (χ1v) is 5.24. The van der Waals surface area contributed by atoms with Gasteiger partial charge in [-0.05, 0) is 18.8 Å². The van der Waals surface area contributed by atoms with Crippen LogP contribution in [0, 0.1) is 5.92 Å². The Balaban J connectivity index is 2.91. The van der Waals surface area contributed by atoms with E-state index in [1.165, 1.54) is 7.11 Å². The molecular weight excluding hydrogens is 208 g/mol. The SMILES string of the molecule is COC1=CC(=O)C(O)=C(CCC(C)C)C1=O. The topological polar surface area (TPSA) is 63.6 Å². The summed E-state index contributed by atoms with van der Waals surface area (Å²) in [6.45, 7) is 4.03. The van der Waals surface area contributed by atoms with Crippen LogP contribution < -0.4 is 0 Å². The van der Waals surface area contributed by atoms with Crippen molar-refractivity contribution in [1.82, 2.24) is 0 Å². The molecule has 0 saturated carbocycles. The molecule has 4 heteroatoms. The molecule has 0 bridgehead atoms. The van der Waals surface area contributed by atoms with Crippen LogP contribution in [0.1, 0.15) is 26.7 Å². The van der Waals surface area contributed by atoms with Gasteiger partial charge < -0.3 is 9.84 Å². The molecule has 0 aromatic rings. The van der Waals surface area contributed by atoms with Gasteiger partial charge in [0.2, 0.25) is 11.6 Å². The second-order valence-corrected chi connectivity index (χ2v) is 4.17. The number of carbonyl (C=O) groups is 2. The van der Waals surface area contributed by atoms with E-state index in [9.17, 15) is 14.7 Å². The summed E-state index contributed by atoms with van der Waals surface area (Å²) in [7, 11) is 1.33. The summed E-state index contributed by atoms with van der Waals surface area (Å²) in [6.07, 6.45) is 2.17. The predicted molar refractivity (Wildman–Crippen MR) is 58.8 cm³/mol. The largest absolute Gasteiger partial charge is 0.504 e. The minimum Gasteiger partial charge on any atom is -0.504 e. The van der Waals surface area contributed by atoms with Crippen LogP contribution in [0.4, 0.5) is 0 Å². The van der Waals surface area contributed by atoms with Gasteiger partial charge in [-0.15, -0.1) is 0 Å². The third-order valence-electron chi connectivity index (χ3n) is 2.47. The molecule has 0 amide bonds. The second-order valence-electron chi connectivity index (χ2n) is 4.17. The van der Waals surface area contributed by atoms with Crippen LogP contribution in [-0.2, 0) is 14.3 Å². The van der Waals surface area contributed by atoms with Crippen LogP contribution >= 0.6 is 0 Å². The summed E-state index contributed by atoms with van der Waals surface area (Å²) in [5.41, 5.74) is 0.165. The summed E-state index contributed by atoms with van der Waals surface area (Å²) in [5.74, 6) is -0.983. The summed E-state index contributed by atoms with van der Waals surface area (Å²) in [6, 6.07) is 0. The monoisotopic (exact) mass is 224 g/mol. The minimum absolute atomic E-state index is 0.00144. The van der Waals surface area contributed by atoms with Crippen molar-refractivity contribution >= 4 is 11.6 Å². The molecule has 0 aromatic heterocycles. The Hall–Kier alpha value is -1.58. The zero-order valence-electron chi connectivity index (χ0n) is 9.74. The molecule has 4 nitrogen and oxygen atoms in total. The summed E-state index contributed by atoms with van der Waals surface area (Å²) >= 11 is 0. The van der Waals surface area contributed by atoms with Gasteiger partial charge in [-0.3, -0.25) is 9.59 Å². The predicted octanol–water partition coefficient (Wildman–Crippen LogP) is 1.92. The maximum atomic E-state index is 11.8. The van der Waals surface area contributed by atoms with E-state index in [1.807, 2.05) is 13.8 Å². The molecular formula is C12H16O4. The quantitative estimate of drug-likeness (QED) is 0.741. The number of Topliss-reactive ketones (excluding diaryl/α,β-unsaturated/α-hetero) is 1. The zero-order chi connectivity index (χ0) is 12.3. The van der Waals surface area contributed by atoms with Crippen LogP contribution in [0.15, 0.2) is 23.2 Å². The number of ether oxygens (including phenoxy) is 1. The molecule has 0 heterocycles. The number of aliphatic hydroxyl groups is 1. The van der Waals surface area contributed by atoms with E-state index in [0.29, 0.717) is 12.3 Å². The summed E-state index contributed by atoms with van der Waals surface area (Å²) in [5, 5.41) is 9.54. The molecule has 16 heavy (non-hydrogen) atoms. The Morgan fingerprint density at radius 1 is 1.38 bits per heavy atom. The van der Waals surface area contributed by atoms with Gasteiger partial charge in [-0.2, -0.15) is 0 Å². The Morgan fingerprint density at radius 3 is 2.50 bits per heavy atom. The Bertz CT molecular complexity index is 374. The Morgan fingerprint density at radius 2 is 2.00 bits per heavy atom. The Labute approximate surface area is 94.6 Å². The molecule has 1 aliphatic carbocycles. The lowest BCUT2D eigenvalue weighted by molar-refractivity contribution is -0.119. The highest BCUT2D eigenvalue weighted by Gasteiger charge is 2.28. The molecule has 0 aromatic carbocycles. The summed E-state index contributed by atoms with van der Waals surface area (Å²) < 4.78 is 4.80. The average molecular weight is 224 g/mol. The molecule has 0 fully saturated rings. The van der Waals surface area contributed by atoms with Gasteiger partial charge in [-0.1, -0.05) is 13.8 Å². The minimum atomic E-state index is -0.560. The van der Waals surface area contributed by atoms with Crippen molar-refractivity contribution in [2.24, 2.45) is 5.92 Å². The number of hydrogen-bond acceptors (Lipinski definition) is 4. The third kappa shape index (κ3) is 2.51. The molecule has 0 saturated heterocycles. The molecule has 1 N–H and O–H groups in total. The number of rotatable bonds is 4. The second kappa shape index (κ2) is 4.96. The van der Waals surface area contributed by atoms with Crippen molar-refractivity contribution in [2.45, 2.75) is 26.7 Å². The number of ketones is 2. The van der Waals surface area contributed by atoms with Crippen molar-refractivity contribution in [3.63, 3.8) is 0 Å². The van der Waals surface area contributed by atoms with Gasteiger partial charge in [0.1, 0.15) is 0 Å². The fraction of sp³-hybridized carbons (Fsp3) is 0.500. The molecule has 0 radical (unpaired) electrons. The zero-order valence-corrected chi connectivity index (χ0v) is 9.74. The Kier molecular flexibility index (Phi) is 3.88. The van der Waals surface area contributed by atoms with Crippen LogP contribution in [0.25, 0.3) is 0 Å². The molecule has 0 atom stereocenters. The van der Waals surface area contributed by atoms with Crippen molar-refractivity contribution in [2.75, 3.05) is 7.11 Å². The molecule has 1 aliphatic rings. The first-order chi connectivity index (χ1) is 7.47. The van der Waals surface area contributed by atoms with Gasteiger partial charge in [0.05, 0.1) is 7.11 Å². The lowest BCUT2D eigenvalue weighted by Gasteiger charge is -2.15. The first kappa shape index (κ1) is 12.5.